The molecule has 1 aromatic heterocycles. The Morgan fingerprint density at radius 3 is 2.50 bits per heavy atom. The van der Waals surface area contributed by atoms with Crippen LogP contribution in [0.4, 0.5) is 10.1 Å². The summed E-state index contributed by atoms with van der Waals surface area (Å²) in [7, 11) is 0. The first-order valence-electron chi connectivity index (χ1n) is 8.92. The van der Waals surface area contributed by atoms with Crippen molar-refractivity contribution in [1.82, 2.24) is 20.7 Å². The van der Waals surface area contributed by atoms with Crippen LogP contribution in [0.1, 0.15) is 18.2 Å². The molecule has 0 saturated carbocycles. The predicted octanol–water partition coefficient (Wildman–Crippen LogP) is 1.48. The average molecular weight is 355 g/mol. The van der Waals surface area contributed by atoms with Crippen LogP contribution in [0.2, 0.25) is 0 Å². The van der Waals surface area contributed by atoms with E-state index in [9.17, 15) is 9.18 Å². The van der Waals surface area contributed by atoms with Crippen molar-refractivity contribution < 1.29 is 9.18 Å². The number of carbonyl (C=O) groups is 1. The number of hydrogen-bond donors (Lipinski definition) is 2. The second-order valence-corrected chi connectivity index (χ2v) is 6.67. The number of halogens is 1. The smallest absolute Gasteiger partial charge is 0.241 e. The Balaban J connectivity index is 1.32. The molecule has 1 amide bonds. The van der Waals surface area contributed by atoms with Crippen molar-refractivity contribution in [2.24, 2.45) is 0 Å². The van der Waals surface area contributed by atoms with Gasteiger partial charge in [0, 0.05) is 38.1 Å². The van der Waals surface area contributed by atoms with E-state index in [1.165, 1.54) is 12.1 Å². The van der Waals surface area contributed by atoms with E-state index in [0.717, 1.165) is 24.5 Å². The molecule has 136 valence electrons. The summed E-state index contributed by atoms with van der Waals surface area (Å²) in [5.41, 5.74) is 8.23. The zero-order chi connectivity index (χ0) is 17.9. The monoisotopic (exact) mass is 355 g/mol. The SMILES string of the molecule is O=C(C1CC(c2ccccn2)NN1)N1CCN(c2ccc(F)cc2)CC1. The van der Waals surface area contributed by atoms with Gasteiger partial charge in [-0.1, -0.05) is 6.07 Å². The molecule has 4 rings (SSSR count). The molecule has 26 heavy (non-hydrogen) atoms. The van der Waals surface area contributed by atoms with Gasteiger partial charge < -0.3 is 9.80 Å². The minimum absolute atomic E-state index is 0.0469. The Labute approximate surface area is 152 Å². The third-order valence-electron chi connectivity index (χ3n) is 5.03. The highest BCUT2D eigenvalue weighted by molar-refractivity contribution is 5.82. The molecule has 3 heterocycles. The summed E-state index contributed by atoms with van der Waals surface area (Å²) in [6, 6.07) is 12.1. The van der Waals surface area contributed by atoms with Crippen LogP contribution in [0.25, 0.3) is 0 Å². The number of amides is 1. The lowest BCUT2D eigenvalue weighted by Gasteiger charge is -2.37. The van der Waals surface area contributed by atoms with Crippen molar-refractivity contribution in [3.63, 3.8) is 0 Å². The van der Waals surface area contributed by atoms with E-state index in [1.807, 2.05) is 23.1 Å². The zero-order valence-electron chi connectivity index (χ0n) is 14.4. The van der Waals surface area contributed by atoms with Gasteiger partial charge in [0.25, 0.3) is 0 Å². The van der Waals surface area contributed by atoms with E-state index >= 15 is 0 Å². The number of nitrogens with zero attached hydrogens (tertiary/aromatic N) is 3. The summed E-state index contributed by atoms with van der Waals surface area (Å²) in [5.74, 6) is -0.112. The molecule has 2 aromatic rings. The Kier molecular flexibility index (Phi) is 4.81. The zero-order valence-corrected chi connectivity index (χ0v) is 14.4. The lowest BCUT2D eigenvalue weighted by atomic mass is 10.1. The maximum atomic E-state index is 13.1. The van der Waals surface area contributed by atoms with Crippen LogP contribution in [0.5, 0.6) is 0 Å². The third kappa shape index (κ3) is 3.54. The first-order valence-corrected chi connectivity index (χ1v) is 8.92. The van der Waals surface area contributed by atoms with Gasteiger partial charge in [-0.3, -0.25) is 9.78 Å². The van der Waals surface area contributed by atoms with Gasteiger partial charge in [0.05, 0.1) is 11.7 Å². The molecular weight excluding hydrogens is 333 g/mol. The summed E-state index contributed by atoms with van der Waals surface area (Å²) in [4.78, 5) is 21.2. The standard InChI is InChI=1S/C19H22FN5O/c20-14-4-6-15(7-5-14)24-9-11-25(12-10-24)19(26)18-13-17(22-23-18)16-3-1-2-8-21-16/h1-8,17-18,22-23H,9-13H2. The molecule has 2 unspecified atom stereocenters. The fraction of sp³-hybridized carbons (Fsp3) is 0.368. The van der Waals surface area contributed by atoms with Gasteiger partial charge in [0.15, 0.2) is 0 Å². The van der Waals surface area contributed by atoms with E-state index in [0.29, 0.717) is 19.5 Å². The summed E-state index contributed by atoms with van der Waals surface area (Å²) in [6.45, 7) is 2.84. The second-order valence-electron chi connectivity index (χ2n) is 6.67. The van der Waals surface area contributed by atoms with E-state index in [2.05, 4.69) is 20.7 Å². The highest BCUT2D eigenvalue weighted by Gasteiger charge is 2.34. The summed E-state index contributed by atoms with van der Waals surface area (Å²) in [6.07, 6.45) is 2.45. The normalized spacial score (nSPS) is 23.3. The number of anilines is 1. The Bertz CT molecular complexity index is 746. The van der Waals surface area contributed by atoms with Crippen molar-refractivity contribution in [1.29, 1.82) is 0 Å². The van der Waals surface area contributed by atoms with E-state index in [1.54, 1.807) is 18.3 Å². The first kappa shape index (κ1) is 16.9. The molecule has 0 radical (unpaired) electrons. The van der Waals surface area contributed by atoms with Gasteiger partial charge in [-0.15, -0.1) is 0 Å². The Morgan fingerprint density at radius 2 is 1.81 bits per heavy atom. The number of aromatic nitrogens is 1. The van der Waals surface area contributed by atoms with E-state index < -0.39 is 0 Å². The van der Waals surface area contributed by atoms with Crippen molar-refractivity contribution in [3.05, 3.63) is 60.2 Å². The number of pyridine rings is 1. The molecule has 6 nitrogen and oxygen atoms in total. The molecule has 2 N–H and O–H groups in total. The molecule has 2 fully saturated rings. The topological polar surface area (TPSA) is 60.5 Å². The van der Waals surface area contributed by atoms with Crippen LogP contribution in [-0.4, -0.2) is 48.0 Å². The molecule has 0 spiro atoms. The van der Waals surface area contributed by atoms with Crippen LogP contribution in [-0.2, 0) is 4.79 Å². The quantitative estimate of drug-likeness (QED) is 0.873. The molecule has 1 aromatic carbocycles. The number of hydrogen-bond acceptors (Lipinski definition) is 5. The average Bonchev–Trinajstić information content (AvgIpc) is 3.19. The summed E-state index contributed by atoms with van der Waals surface area (Å²) < 4.78 is 13.1. The van der Waals surface area contributed by atoms with Gasteiger partial charge >= 0.3 is 0 Å². The highest BCUT2D eigenvalue weighted by atomic mass is 19.1. The number of benzene rings is 1. The molecule has 2 atom stereocenters. The minimum Gasteiger partial charge on any atom is -0.368 e. The first-order chi connectivity index (χ1) is 12.7. The predicted molar refractivity (Wildman–Crippen MR) is 96.8 cm³/mol. The number of hydrazine groups is 1. The van der Waals surface area contributed by atoms with Crippen LogP contribution < -0.4 is 15.8 Å². The van der Waals surface area contributed by atoms with Crippen LogP contribution in [0.15, 0.2) is 48.7 Å². The van der Waals surface area contributed by atoms with Crippen molar-refractivity contribution in [3.8, 4) is 0 Å². The highest BCUT2D eigenvalue weighted by Crippen LogP contribution is 2.22. The van der Waals surface area contributed by atoms with Crippen LogP contribution in [0, 0.1) is 5.82 Å². The van der Waals surface area contributed by atoms with Crippen molar-refractivity contribution >= 4 is 11.6 Å². The number of piperazine rings is 1. The van der Waals surface area contributed by atoms with Gasteiger partial charge in [0.1, 0.15) is 11.9 Å². The summed E-state index contributed by atoms with van der Waals surface area (Å²) >= 11 is 0. The van der Waals surface area contributed by atoms with E-state index in [-0.39, 0.29) is 23.8 Å². The maximum Gasteiger partial charge on any atom is 0.241 e. The minimum atomic E-state index is -0.237. The van der Waals surface area contributed by atoms with Gasteiger partial charge in [-0.2, -0.15) is 0 Å². The molecule has 0 bridgehead atoms. The number of nitrogens with one attached hydrogen (secondary N) is 2. The van der Waals surface area contributed by atoms with Crippen molar-refractivity contribution in [2.75, 3.05) is 31.1 Å². The molecule has 7 heteroatoms. The molecule has 2 aliphatic rings. The lowest BCUT2D eigenvalue weighted by Crippen LogP contribution is -2.53. The third-order valence-corrected chi connectivity index (χ3v) is 5.03. The van der Waals surface area contributed by atoms with Gasteiger partial charge in [-0.25, -0.2) is 15.2 Å². The van der Waals surface area contributed by atoms with Crippen LogP contribution in [0.3, 0.4) is 0 Å². The largest absolute Gasteiger partial charge is 0.368 e. The number of carbonyl (C=O) groups excluding carboxylic acids is 1. The molecule has 0 aliphatic carbocycles. The molecular formula is C19H22FN5O. The fourth-order valence-electron chi connectivity index (χ4n) is 3.55. The molecule has 2 aliphatic heterocycles. The van der Waals surface area contributed by atoms with Gasteiger partial charge in [-0.05, 0) is 42.8 Å². The van der Waals surface area contributed by atoms with E-state index in [4.69, 9.17) is 0 Å². The Hall–Kier alpha value is -2.51. The lowest BCUT2D eigenvalue weighted by molar-refractivity contribution is -0.133. The van der Waals surface area contributed by atoms with Crippen LogP contribution >= 0.6 is 0 Å². The fourth-order valence-corrected chi connectivity index (χ4v) is 3.55. The van der Waals surface area contributed by atoms with Crippen molar-refractivity contribution in [2.45, 2.75) is 18.5 Å². The molecule has 2 saturated heterocycles. The second kappa shape index (κ2) is 7.39. The summed E-state index contributed by atoms with van der Waals surface area (Å²) in [5, 5.41) is 0. The van der Waals surface area contributed by atoms with Gasteiger partial charge in [0.2, 0.25) is 5.91 Å². The Morgan fingerprint density at radius 1 is 1.04 bits per heavy atom. The number of rotatable bonds is 3. The maximum absolute atomic E-state index is 13.1.